The summed E-state index contributed by atoms with van der Waals surface area (Å²) in [6, 6.07) is 6.64. The Hall–Kier alpha value is -1.59. The van der Waals surface area contributed by atoms with E-state index in [1.54, 1.807) is 36.2 Å². The number of piperidine rings is 1. The van der Waals surface area contributed by atoms with Crippen LogP contribution < -0.4 is 5.32 Å². The standard InChI is InChI=1S/C19H28ClN3O2/c1-13-9-14(2)11-23(10-13)19(25)15(3)22(4)12-18(24)21-17-7-5-16(20)6-8-17/h5-8,13-15H,9-12H2,1-4H3,(H,21,24)/t13-,14-,15-/m1/s1. The van der Waals surface area contributed by atoms with Crippen molar-refractivity contribution in [2.45, 2.75) is 33.2 Å². The van der Waals surface area contributed by atoms with Gasteiger partial charge in [-0.15, -0.1) is 0 Å². The molecular weight excluding hydrogens is 338 g/mol. The molecule has 2 amide bonds. The normalized spacial score (nSPS) is 21.9. The van der Waals surface area contributed by atoms with Crippen LogP contribution in [0.1, 0.15) is 27.2 Å². The molecule has 5 nitrogen and oxygen atoms in total. The molecular formula is C19H28ClN3O2. The Balaban J connectivity index is 1.88. The van der Waals surface area contributed by atoms with Gasteiger partial charge in [0.05, 0.1) is 12.6 Å². The summed E-state index contributed by atoms with van der Waals surface area (Å²) in [5.74, 6) is 1.00. The zero-order valence-corrected chi connectivity index (χ0v) is 16.2. The lowest BCUT2D eigenvalue weighted by Gasteiger charge is -2.38. The summed E-state index contributed by atoms with van der Waals surface area (Å²) in [5, 5.41) is 3.45. The number of carbonyl (C=O) groups is 2. The van der Waals surface area contributed by atoms with Gasteiger partial charge in [-0.1, -0.05) is 25.4 Å². The SMILES string of the molecule is C[C@@H]1C[C@@H](C)CN(C(=O)[C@@H](C)N(C)CC(=O)Nc2ccc(Cl)cc2)C1. The Morgan fingerprint density at radius 2 is 1.80 bits per heavy atom. The van der Waals surface area contributed by atoms with E-state index in [-0.39, 0.29) is 24.4 Å². The van der Waals surface area contributed by atoms with E-state index < -0.39 is 0 Å². The molecule has 1 aromatic rings. The summed E-state index contributed by atoms with van der Waals surface area (Å²) >= 11 is 5.84. The van der Waals surface area contributed by atoms with Crippen molar-refractivity contribution in [3.63, 3.8) is 0 Å². The second-order valence-electron chi connectivity index (χ2n) is 7.34. The lowest BCUT2D eigenvalue weighted by atomic mass is 9.91. The van der Waals surface area contributed by atoms with Crippen LogP contribution in [0.3, 0.4) is 0 Å². The van der Waals surface area contributed by atoms with E-state index in [1.807, 2.05) is 11.8 Å². The minimum absolute atomic E-state index is 0.0974. The van der Waals surface area contributed by atoms with Gasteiger partial charge >= 0.3 is 0 Å². The summed E-state index contributed by atoms with van der Waals surface area (Å²) in [5.41, 5.74) is 0.695. The van der Waals surface area contributed by atoms with E-state index >= 15 is 0 Å². The van der Waals surface area contributed by atoms with Crippen molar-refractivity contribution in [3.8, 4) is 0 Å². The minimum atomic E-state index is -0.325. The largest absolute Gasteiger partial charge is 0.341 e. The molecule has 1 heterocycles. The molecule has 0 bridgehead atoms. The molecule has 138 valence electrons. The van der Waals surface area contributed by atoms with Crippen molar-refractivity contribution in [2.75, 3.05) is 32.0 Å². The Kier molecular flexibility index (Phi) is 6.85. The predicted octanol–water partition coefficient (Wildman–Crippen LogP) is 3.10. The maximum atomic E-state index is 12.7. The van der Waals surface area contributed by atoms with Gasteiger partial charge in [0.2, 0.25) is 11.8 Å². The molecule has 1 saturated heterocycles. The summed E-state index contributed by atoms with van der Waals surface area (Å²) in [7, 11) is 1.81. The number of rotatable bonds is 5. The highest BCUT2D eigenvalue weighted by molar-refractivity contribution is 6.30. The van der Waals surface area contributed by atoms with Gasteiger partial charge in [0.1, 0.15) is 0 Å². The molecule has 0 saturated carbocycles. The third-order valence-corrected chi connectivity index (χ3v) is 4.97. The number of nitrogens with one attached hydrogen (secondary N) is 1. The lowest BCUT2D eigenvalue weighted by Crippen LogP contribution is -2.51. The minimum Gasteiger partial charge on any atom is -0.341 e. The number of hydrogen-bond acceptors (Lipinski definition) is 3. The van der Waals surface area contributed by atoms with E-state index in [0.29, 0.717) is 22.5 Å². The third kappa shape index (κ3) is 5.72. The van der Waals surface area contributed by atoms with Crippen LogP contribution in [0.5, 0.6) is 0 Å². The van der Waals surface area contributed by atoms with Gasteiger partial charge in [-0.3, -0.25) is 14.5 Å². The van der Waals surface area contributed by atoms with Crippen LogP contribution in [0.15, 0.2) is 24.3 Å². The van der Waals surface area contributed by atoms with Gasteiger partial charge in [-0.2, -0.15) is 0 Å². The molecule has 0 spiro atoms. The maximum absolute atomic E-state index is 12.7. The molecule has 1 aromatic carbocycles. The fourth-order valence-corrected chi connectivity index (χ4v) is 3.52. The van der Waals surface area contributed by atoms with Gasteiger partial charge in [0, 0.05) is 23.8 Å². The monoisotopic (exact) mass is 365 g/mol. The van der Waals surface area contributed by atoms with Crippen molar-refractivity contribution < 1.29 is 9.59 Å². The molecule has 25 heavy (non-hydrogen) atoms. The Morgan fingerprint density at radius 1 is 1.24 bits per heavy atom. The highest BCUT2D eigenvalue weighted by Crippen LogP contribution is 2.22. The molecule has 1 fully saturated rings. The molecule has 3 atom stereocenters. The predicted molar refractivity (Wildman–Crippen MR) is 102 cm³/mol. The highest BCUT2D eigenvalue weighted by atomic mass is 35.5. The van der Waals surface area contributed by atoms with Gasteiger partial charge in [0.25, 0.3) is 0 Å². The molecule has 1 aliphatic heterocycles. The number of amides is 2. The van der Waals surface area contributed by atoms with Crippen molar-refractivity contribution in [1.82, 2.24) is 9.80 Å². The number of nitrogens with zero attached hydrogens (tertiary/aromatic N) is 2. The third-order valence-electron chi connectivity index (χ3n) is 4.72. The van der Waals surface area contributed by atoms with Gasteiger partial charge < -0.3 is 10.2 Å². The number of hydrogen-bond donors (Lipinski definition) is 1. The average molecular weight is 366 g/mol. The molecule has 0 aliphatic carbocycles. The van der Waals surface area contributed by atoms with Crippen LogP contribution in [0.4, 0.5) is 5.69 Å². The van der Waals surface area contributed by atoms with Crippen molar-refractivity contribution in [2.24, 2.45) is 11.8 Å². The molecule has 2 rings (SSSR count). The van der Waals surface area contributed by atoms with Crippen LogP contribution in [0.2, 0.25) is 5.02 Å². The first-order chi connectivity index (χ1) is 11.8. The molecule has 0 unspecified atom stereocenters. The summed E-state index contributed by atoms with van der Waals surface area (Å²) in [4.78, 5) is 28.7. The van der Waals surface area contributed by atoms with Crippen LogP contribution in [-0.2, 0) is 9.59 Å². The van der Waals surface area contributed by atoms with E-state index in [0.717, 1.165) is 19.5 Å². The zero-order chi connectivity index (χ0) is 18.6. The second-order valence-corrected chi connectivity index (χ2v) is 7.77. The van der Waals surface area contributed by atoms with Gasteiger partial charge in [-0.25, -0.2) is 0 Å². The summed E-state index contributed by atoms with van der Waals surface area (Å²) < 4.78 is 0. The number of likely N-dealkylation sites (N-methyl/N-ethyl adjacent to an activating group) is 1. The maximum Gasteiger partial charge on any atom is 0.239 e. The number of likely N-dealkylation sites (tertiary alicyclic amines) is 1. The first kappa shape index (κ1) is 19.7. The van der Waals surface area contributed by atoms with Gasteiger partial charge in [-0.05, 0) is 56.5 Å². The second kappa shape index (κ2) is 8.68. The van der Waals surface area contributed by atoms with Gasteiger partial charge in [0.15, 0.2) is 0 Å². The Labute approximate surface area is 155 Å². The fraction of sp³-hybridized carbons (Fsp3) is 0.579. The summed E-state index contributed by atoms with van der Waals surface area (Å²) in [6.07, 6.45) is 1.16. The van der Waals surface area contributed by atoms with Crippen molar-refractivity contribution >= 4 is 29.1 Å². The Morgan fingerprint density at radius 3 is 2.36 bits per heavy atom. The Bertz CT molecular complexity index is 595. The van der Waals surface area contributed by atoms with Crippen LogP contribution >= 0.6 is 11.6 Å². The molecule has 1 N–H and O–H groups in total. The molecule has 1 aliphatic rings. The zero-order valence-electron chi connectivity index (χ0n) is 15.5. The van der Waals surface area contributed by atoms with E-state index in [1.165, 1.54) is 0 Å². The van der Waals surface area contributed by atoms with E-state index in [9.17, 15) is 9.59 Å². The number of carbonyl (C=O) groups excluding carboxylic acids is 2. The average Bonchev–Trinajstić information content (AvgIpc) is 2.54. The van der Waals surface area contributed by atoms with Crippen LogP contribution in [0.25, 0.3) is 0 Å². The first-order valence-electron chi connectivity index (χ1n) is 8.80. The van der Waals surface area contributed by atoms with Crippen LogP contribution in [-0.4, -0.2) is 54.3 Å². The van der Waals surface area contributed by atoms with Crippen LogP contribution in [0, 0.1) is 11.8 Å². The van der Waals surface area contributed by atoms with E-state index in [2.05, 4.69) is 19.2 Å². The topological polar surface area (TPSA) is 52.7 Å². The van der Waals surface area contributed by atoms with E-state index in [4.69, 9.17) is 11.6 Å². The van der Waals surface area contributed by atoms with Crippen molar-refractivity contribution in [3.05, 3.63) is 29.3 Å². The fourth-order valence-electron chi connectivity index (χ4n) is 3.39. The number of halogens is 1. The number of benzene rings is 1. The first-order valence-corrected chi connectivity index (χ1v) is 9.18. The summed E-state index contributed by atoms with van der Waals surface area (Å²) in [6.45, 7) is 8.00. The number of anilines is 1. The molecule has 0 aromatic heterocycles. The quantitative estimate of drug-likeness (QED) is 0.872. The lowest BCUT2D eigenvalue weighted by molar-refractivity contribution is -0.139. The van der Waals surface area contributed by atoms with Crippen molar-refractivity contribution in [1.29, 1.82) is 0 Å². The molecule has 6 heteroatoms. The molecule has 0 radical (unpaired) electrons. The smallest absolute Gasteiger partial charge is 0.239 e. The highest BCUT2D eigenvalue weighted by Gasteiger charge is 2.30.